The molecule has 0 saturated carbocycles. The Balaban J connectivity index is 1.96. The molecule has 1 aliphatic heterocycles. The lowest BCUT2D eigenvalue weighted by Crippen LogP contribution is -2.33. The van der Waals surface area contributed by atoms with Crippen LogP contribution in [0.25, 0.3) is 0 Å². The number of H-pyrrole nitrogens is 1. The van der Waals surface area contributed by atoms with Crippen molar-refractivity contribution < 1.29 is 51.4 Å². The van der Waals surface area contributed by atoms with E-state index < -0.39 is 60.2 Å². The number of aromatic nitrogens is 2. The molecule has 2 heterocycles. The van der Waals surface area contributed by atoms with Gasteiger partial charge in [0, 0.05) is 18.2 Å². The van der Waals surface area contributed by atoms with Crippen LogP contribution in [0.2, 0.25) is 0 Å². The van der Waals surface area contributed by atoms with Gasteiger partial charge in [-0.05, 0) is 6.92 Å². The highest BCUT2D eigenvalue weighted by atomic mass is 31.3. The average molecular weight is 466 g/mol. The molecule has 5 atom stereocenters. The van der Waals surface area contributed by atoms with Crippen LogP contribution in [-0.2, 0) is 31.6 Å². The van der Waals surface area contributed by atoms with Crippen molar-refractivity contribution in [1.29, 1.82) is 0 Å². The van der Waals surface area contributed by atoms with Crippen molar-refractivity contribution in [3.63, 3.8) is 0 Å². The third kappa shape index (κ3) is 6.55. The first-order valence-corrected chi connectivity index (χ1v) is 11.6. The van der Waals surface area contributed by atoms with Gasteiger partial charge in [-0.2, -0.15) is 4.31 Å². The van der Waals surface area contributed by atoms with Crippen LogP contribution in [-0.4, -0.2) is 48.2 Å². The monoisotopic (exact) mass is 466 g/mol. The molecule has 0 radical (unpaired) electrons. The number of rotatable bonds is 8. The minimum atomic E-state index is -5.39. The number of hydrogen-bond acceptors (Lipinski definition) is 10. The summed E-state index contributed by atoms with van der Waals surface area (Å²) >= 11 is 0. The van der Waals surface area contributed by atoms with Crippen molar-refractivity contribution in [2.75, 3.05) is 6.61 Å². The summed E-state index contributed by atoms with van der Waals surface area (Å²) in [6.45, 7) is 0.847. The zero-order chi connectivity index (χ0) is 21.3. The highest BCUT2D eigenvalue weighted by Gasteiger charge is 2.38. The lowest BCUT2D eigenvalue weighted by atomic mass is 10.2. The Kier molecular flexibility index (Phi) is 7.35. The molecule has 0 aromatic carbocycles. The number of hydrogen-bond donors (Lipinski definition) is 5. The van der Waals surface area contributed by atoms with Gasteiger partial charge >= 0.3 is 29.6 Å². The molecule has 28 heavy (non-hydrogen) atoms. The second-order valence-corrected chi connectivity index (χ2v) is 9.69. The van der Waals surface area contributed by atoms with Gasteiger partial charge in [0.2, 0.25) is 0 Å². The largest absolute Gasteiger partial charge is 0.488 e. The molecule has 5 N–H and O–H groups in total. The van der Waals surface area contributed by atoms with Gasteiger partial charge in [-0.3, -0.25) is 18.9 Å². The van der Waals surface area contributed by atoms with Gasteiger partial charge in [0.1, 0.15) is 12.3 Å². The van der Waals surface area contributed by atoms with Gasteiger partial charge in [-0.1, -0.05) is 0 Å². The predicted molar refractivity (Wildman–Crippen MR) is 89.6 cm³/mol. The van der Waals surface area contributed by atoms with Gasteiger partial charge in [-0.25, -0.2) is 18.2 Å². The Bertz CT molecular complexity index is 951. The van der Waals surface area contributed by atoms with Crippen LogP contribution in [0.1, 0.15) is 18.2 Å². The van der Waals surface area contributed by atoms with E-state index in [4.69, 9.17) is 19.4 Å². The van der Waals surface area contributed by atoms with Crippen LogP contribution >= 0.6 is 23.9 Å². The van der Waals surface area contributed by atoms with E-state index in [0.717, 1.165) is 4.57 Å². The molecule has 0 aliphatic carbocycles. The van der Waals surface area contributed by atoms with Crippen LogP contribution in [0.5, 0.6) is 0 Å². The van der Waals surface area contributed by atoms with Gasteiger partial charge < -0.3 is 29.0 Å². The van der Waals surface area contributed by atoms with Crippen LogP contribution < -0.4 is 11.2 Å². The van der Waals surface area contributed by atoms with Crippen molar-refractivity contribution in [2.24, 2.45) is 0 Å². The average Bonchev–Trinajstić information content (AvgIpc) is 2.86. The van der Waals surface area contributed by atoms with E-state index in [1.54, 1.807) is 0 Å². The van der Waals surface area contributed by atoms with Crippen molar-refractivity contribution >= 4 is 23.9 Å². The lowest BCUT2D eigenvalue weighted by molar-refractivity contribution is -0.0412. The smallest absolute Gasteiger partial charge is 0.390 e. The second-order valence-electron chi connectivity index (χ2n) is 5.60. The summed E-state index contributed by atoms with van der Waals surface area (Å²) in [5.74, 6) is 0. The first-order valence-electron chi connectivity index (χ1n) is 7.39. The Morgan fingerprint density at radius 2 is 2.00 bits per heavy atom. The van der Waals surface area contributed by atoms with Crippen LogP contribution in [0.3, 0.4) is 0 Å². The normalized spacial score (nSPS) is 26.1. The number of nitrogens with one attached hydrogen (secondary N) is 1. The van der Waals surface area contributed by atoms with Gasteiger partial charge in [0.25, 0.3) is 5.56 Å². The van der Waals surface area contributed by atoms with Crippen LogP contribution in [0, 0.1) is 6.92 Å². The van der Waals surface area contributed by atoms with Crippen molar-refractivity contribution in [3.8, 4) is 0 Å². The lowest BCUT2D eigenvalue weighted by Gasteiger charge is -2.17. The van der Waals surface area contributed by atoms with E-state index in [0.29, 0.717) is 0 Å². The van der Waals surface area contributed by atoms with E-state index in [1.807, 2.05) is 0 Å². The van der Waals surface area contributed by atoms with Crippen molar-refractivity contribution in [1.82, 2.24) is 9.55 Å². The molecule has 3 unspecified atom stereocenters. The number of nitrogens with zero attached hydrogens (tertiary/aromatic N) is 1. The number of aliphatic hydroxyl groups excluding tert-OH is 1. The fraction of sp³-hybridized carbons (Fsp3) is 0.600. The molecule has 1 aromatic heterocycles. The third-order valence-electron chi connectivity index (χ3n) is 3.43. The van der Waals surface area contributed by atoms with E-state index >= 15 is 0 Å². The molecule has 1 saturated heterocycles. The standard InChI is InChI=1S/C10H17N2O13P3/c1-5-3-12(10(15)11-9(5)14)8-2-6(13)7(23-8)4-22-26(16)24-28(20,21)25-27(17,18)19/h3,6-8,13,26H,2,4H2,1H3,(H,20,21)(H,11,14,15)(H2,17,18,19)/t6?,7-,8-/m1/s1. The number of aromatic amines is 1. The number of aryl methyl sites for hydroxylation is 1. The van der Waals surface area contributed by atoms with Gasteiger partial charge in [-0.15, -0.1) is 0 Å². The molecule has 1 aromatic rings. The maximum Gasteiger partial charge on any atom is 0.488 e. The van der Waals surface area contributed by atoms with Crippen molar-refractivity contribution in [2.45, 2.75) is 31.8 Å². The zero-order valence-corrected chi connectivity index (χ0v) is 16.8. The summed E-state index contributed by atoms with van der Waals surface area (Å²) in [4.78, 5) is 51.2. The summed E-state index contributed by atoms with van der Waals surface area (Å²) < 4.78 is 51.8. The molecule has 0 bridgehead atoms. The van der Waals surface area contributed by atoms with Gasteiger partial charge in [0.05, 0.1) is 12.7 Å². The first kappa shape index (κ1) is 23.3. The van der Waals surface area contributed by atoms with Crippen molar-refractivity contribution in [3.05, 3.63) is 32.6 Å². The fourth-order valence-corrected chi connectivity index (χ4v) is 5.03. The molecule has 2 rings (SSSR count). The maximum absolute atomic E-state index is 11.8. The highest BCUT2D eigenvalue weighted by Crippen LogP contribution is 2.61. The van der Waals surface area contributed by atoms with E-state index in [1.165, 1.54) is 13.1 Å². The SMILES string of the molecule is Cc1cn([C@H]2CC(O)[C@@H](CO[PH](=O)OP(=O)(O)OP(=O)(O)O)O2)c(=O)[nH]c1=O. The van der Waals surface area contributed by atoms with Crippen LogP contribution in [0.15, 0.2) is 15.8 Å². The Labute approximate surface area is 156 Å². The van der Waals surface area contributed by atoms with E-state index in [9.17, 15) is 28.4 Å². The summed E-state index contributed by atoms with van der Waals surface area (Å²) in [6, 6.07) is 0. The Morgan fingerprint density at radius 1 is 1.36 bits per heavy atom. The quantitative estimate of drug-likeness (QED) is 0.294. The molecule has 0 spiro atoms. The minimum absolute atomic E-state index is 0.0823. The zero-order valence-electron chi connectivity index (χ0n) is 14.0. The summed E-state index contributed by atoms with van der Waals surface area (Å²) in [5.41, 5.74) is -1.14. The molecule has 0 amide bonds. The molecular weight excluding hydrogens is 449 g/mol. The number of ether oxygens (including phenoxy) is 1. The van der Waals surface area contributed by atoms with Crippen LogP contribution in [0.4, 0.5) is 0 Å². The summed E-state index contributed by atoms with van der Waals surface area (Å²) in [7, 11) is -14.5. The first-order chi connectivity index (χ1) is 12.8. The summed E-state index contributed by atoms with van der Waals surface area (Å²) in [6.07, 6.45) is -2.14. The molecule has 18 heteroatoms. The Hall–Kier alpha value is -0.950. The molecule has 1 aliphatic rings. The second kappa shape index (κ2) is 8.82. The maximum atomic E-state index is 11.8. The molecule has 160 valence electrons. The number of phosphoric acid groups is 2. The third-order valence-corrected chi connectivity index (χ3v) is 7.02. The topological polar surface area (TPSA) is 224 Å². The van der Waals surface area contributed by atoms with Gasteiger partial charge in [0.15, 0.2) is 0 Å². The molecule has 15 nitrogen and oxygen atoms in total. The van der Waals surface area contributed by atoms with E-state index in [-0.39, 0.29) is 12.0 Å². The molecule has 1 fully saturated rings. The minimum Gasteiger partial charge on any atom is -0.390 e. The van der Waals surface area contributed by atoms with E-state index in [2.05, 4.69) is 18.1 Å². The molecular formula is C10H17N2O13P3. The number of aliphatic hydroxyl groups is 1. The Morgan fingerprint density at radius 3 is 2.61 bits per heavy atom. The highest BCUT2D eigenvalue weighted by molar-refractivity contribution is 7.64. The summed E-state index contributed by atoms with van der Waals surface area (Å²) in [5, 5.41) is 9.98. The fourth-order valence-electron chi connectivity index (χ4n) is 2.26. The predicted octanol–water partition coefficient (Wildman–Crippen LogP) is -0.874.